The van der Waals surface area contributed by atoms with Gasteiger partial charge in [-0.1, -0.05) is 27.7 Å². The van der Waals surface area contributed by atoms with E-state index in [2.05, 4.69) is 66.0 Å². The monoisotopic (exact) mass is 472 g/mol. The number of rotatable bonds is 6. The van der Waals surface area contributed by atoms with Crippen molar-refractivity contribution in [1.82, 2.24) is 10.6 Å². The summed E-state index contributed by atoms with van der Waals surface area (Å²) in [6, 6.07) is 7.27. The number of carbonyl (C=O) groups excluding carboxylic acids is 2. The van der Waals surface area contributed by atoms with E-state index in [4.69, 9.17) is 9.47 Å². The van der Waals surface area contributed by atoms with E-state index < -0.39 is 0 Å². The third-order valence-electron chi connectivity index (χ3n) is 7.18. The van der Waals surface area contributed by atoms with Crippen molar-refractivity contribution in [3.05, 3.63) is 35.4 Å². The Morgan fingerprint density at radius 3 is 1.35 bits per heavy atom. The topological polar surface area (TPSA) is 76.7 Å². The van der Waals surface area contributed by atoms with Crippen LogP contribution in [0.3, 0.4) is 0 Å². The normalized spacial score (nSPS) is 28.5. The minimum absolute atomic E-state index is 0.0798. The van der Waals surface area contributed by atoms with Crippen LogP contribution in [0.2, 0.25) is 0 Å². The minimum Gasteiger partial charge on any atom is -0.459 e. The van der Waals surface area contributed by atoms with Crippen LogP contribution in [0.25, 0.3) is 0 Å². The summed E-state index contributed by atoms with van der Waals surface area (Å²) >= 11 is 0. The van der Waals surface area contributed by atoms with E-state index in [1.54, 1.807) is 24.3 Å². The number of benzene rings is 1. The highest BCUT2D eigenvalue weighted by Crippen LogP contribution is 2.29. The zero-order chi connectivity index (χ0) is 25.3. The van der Waals surface area contributed by atoms with Gasteiger partial charge in [-0.05, 0) is 63.8 Å². The minimum atomic E-state index is -0.343. The van der Waals surface area contributed by atoms with Crippen LogP contribution in [-0.2, 0) is 9.47 Å². The summed E-state index contributed by atoms with van der Waals surface area (Å²) in [6.07, 6.45) is 2.91. The Morgan fingerprint density at radius 2 is 1.06 bits per heavy atom. The summed E-state index contributed by atoms with van der Waals surface area (Å²) < 4.78 is 11.7. The first kappa shape index (κ1) is 26.7. The second-order valence-corrected chi connectivity index (χ2v) is 12.3. The smallest absolute Gasteiger partial charge is 0.338 e. The summed E-state index contributed by atoms with van der Waals surface area (Å²) in [5.74, 6) is 0.245. The molecule has 34 heavy (non-hydrogen) atoms. The maximum absolute atomic E-state index is 12.8. The number of carbonyl (C=O) groups is 2. The predicted molar refractivity (Wildman–Crippen MR) is 135 cm³/mol. The number of nitrogens with one attached hydrogen (secondary N) is 2. The average Bonchev–Trinajstić information content (AvgIpc) is 2.71. The highest BCUT2D eigenvalue weighted by atomic mass is 16.5. The fourth-order valence-corrected chi connectivity index (χ4v) is 5.35. The van der Waals surface area contributed by atoms with E-state index in [0.717, 1.165) is 25.7 Å². The Bertz CT molecular complexity index is 789. The molecule has 0 spiro atoms. The van der Waals surface area contributed by atoms with E-state index in [1.165, 1.54) is 0 Å². The largest absolute Gasteiger partial charge is 0.459 e. The molecule has 0 saturated carbocycles. The van der Waals surface area contributed by atoms with Gasteiger partial charge in [0.2, 0.25) is 0 Å². The van der Waals surface area contributed by atoms with Crippen LogP contribution in [0.5, 0.6) is 0 Å². The standard InChI is InChI=1S/C28H44N2O4/c1-17(2)23-13-21(15-27(5,6)29-23)33-25(31)19-9-11-20(12-10-19)26(32)34-22-14-24(18(3)4)30-28(7,8)16-22/h9-12,17-18,21-24,29-30H,13-16H2,1-8H3. The van der Waals surface area contributed by atoms with Gasteiger partial charge in [-0.3, -0.25) is 0 Å². The van der Waals surface area contributed by atoms with Gasteiger partial charge in [0.05, 0.1) is 11.1 Å². The van der Waals surface area contributed by atoms with Crippen LogP contribution in [0, 0.1) is 11.8 Å². The van der Waals surface area contributed by atoms with Gasteiger partial charge in [0.15, 0.2) is 0 Å². The molecule has 2 N–H and O–H groups in total. The van der Waals surface area contributed by atoms with Gasteiger partial charge < -0.3 is 20.1 Å². The van der Waals surface area contributed by atoms with Crippen LogP contribution in [0.1, 0.15) is 102 Å². The summed E-state index contributed by atoms with van der Waals surface area (Å²) in [4.78, 5) is 25.6. The van der Waals surface area contributed by atoms with Crippen molar-refractivity contribution < 1.29 is 19.1 Å². The molecule has 2 saturated heterocycles. The zero-order valence-corrected chi connectivity index (χ0v) is 22.2. The first-order chi connectivity index (χ1) is 15.7. The van der Waals surface area contributed by atoms with E-state index in [1.807, 2.05) is 0 Å². The molecule has 0 amide bonds. The summed E-state index contributed by atoms with van der Waals surface area (Å²) in [5.41, 5.74) is 0.751. The van der Waals surface area contributed by atoms with Gasteiger partial charge in [0.1, 0.15) is 12.2 Å². The van der Waals surface area contributed by atoms with Gasteiger partial charge >= 0.3 is 11.9 Å². The Hall–Kier alpha value is -1.92. The Labute approximate surface area is 205 Å². The van der Waals surface area contributed by atoms with Crippen molar-refractivity contribution in [3.63, 3.8) is 0 Å². The number of hydrogen-bond acceptors (Lipinski definition) is 6. The molecule has 3 rings (SSSR count). The van der Waals surface area contributed by atoms with Crippen molar-refractivity contribution in [3.8, 4) is 0 Å². The summed E-state index contributed by atoms with van der Waals surface area (Å²) in [5, 5.41) is 7.31. The molecule has 6 heteroatoms. The molecule has 2 fully saturated rings. The molecule has 1 aromatic carbocycles. The molecule has 190 valence electrons. The molecule has 4 unspecified atom stereocenters. The summed E-state index contributed by atoms with van der Waals surface area (Å²) in [7, 11) is 0. The fraction of sp³-hybridized carbons (Fsp3) is 0.714. The first-order valence-corrected chi connectivity index (χ1v) is 12.8. The molecule has 2 aliphatic heterocycles. The SMILES string of the molecule is CC(C)C1CC(OC(=O)c2ccc(C(=O)OC3CC(C(C)C)NC(C)(C)C3)cc2)CC(C)(C)N1. The predicted octanol–water partition coefficient (Wildman–Crippen LogP) is 5.11. The summed E-state index contributed by atoms with van der Waals surface area (Å²) in [6.45, 7) is 17.3. The number of hydrogen-bond donors (Lipinski definition) is 2. The van der Waals surface area contributed by atoms with Crippen molar-refractivity contribution >= 4 is 11.9 Å². The molecule has 0 radical (unpaired) electrons. The van der Waals surface area contributed by atoms with Crippen molar-refractivity contribution in [2.75, 3.05) is 0 Å². The maximum atomic E-state index is 12.8. The van der Waals surface area contributed by atoms with Gasteiger partial charge in [0, 0.05) is 48.8 Å². The molecule has 0 aromatic heterocycles. The van der Waals surface area contributed by atoms with E-state index in [9.17, 15) is 9.59 Å². The Morgan fingerprint density at radius 1 is 0.735 bits per heavy atom. The Kier molecular flexibility index (Phi) is 8.14. The fourth-order valence-electron chi connectivity index (χ4n) is 5.35. The van der Waals surface area contributed by atoms with Gasteiger partial charge in [0.25, 0.3) is 0 Å². The van der Waals surface area contributed by atoms with Crippen LogP contribution in [0.4, 0.5) is 0 Å². The second kappa shape index (κ2) is 10.4. The molecule has 6 nitrogen and oxygen atoms in total. The average molecular weight is 473 g/mol. The molecular formula is C28H44N2O4. The lowest BCUT2D eigenvalue weighted by Gasteiger charge is -2.42. The lowest BCUT2D eigenvalue weighted by Crippen LogP contribution is -2.56. The number of esters is 2. The van der Waals surface area contributed by atoms with Crippen molar-refractivity contribution in [2.45, 2.75) is 116 Å². The lowest BCUT2D eigenvalue weighted by atomic mass is 9.83. The number of ether oxygens (including phenoxy) is 2. The lowest BCUT2D eigenvalue weighted by molar-refractivity contribution is -0.00110. The highest BCUT2D eigenvalue weighted by molar-refractivity contribution is 5.93. The van der Waals surface area contributed by atoms with E-state index >= 15 is 0 Å². The van der Waals surface area contributed by atoms with Crippen LogP contribution in [-0.4, -0.2) is 47.3 Å². The van der Waals surface area contributed by atoms with Crippen molar-refractivity contribution in [1.29, 1.82) is 0 Å². The molecular weight excluding hydrogens is 428 g/mol. The van der Waals surface area contributed by atoms with Gasteiger partial charge in [-0.15, -0.1) is 0 Å². The van der Waals surface area contributed by atoms with Gasteiger partial charge in [-0.2, -0.15) is 0 Å². The Balaban J connectivity index is 1.60. The molecule has 2 aliphatic rings. The highest BCUT2D eigenvalue weighted by Gasteiger charge is 2.37. The van der Waals surface area contributed by atoms with E-state index in [0.29, 0.717) is 35.0 Å². The quantitative estimate of drug-likeness (QED) is 0.560. The first-order valence-electron chi connectivity index (χ1n) is 12.8. The maximum Gasteiger partial charge on any atom is 0.338 e. The van der Waals surface area contributed by atoms with Crippen LogP contribution >= 0.6 is 0 Å². The molecule has 0 aliphatic carbocycles. The molecule has 0 bridgehead atoms. The van der Waals surface area contributed by atoms with E-state index in [-0.39, 0.29) is 35.2 Å². The molecule has 4 atom stereocenters. The second-order valence-electron chi connectivity index (χ2n) is 12.3. The third kappa shape index (κ3) is 7.05. The zero-order valence-electron chi connectivity index (χ0n) is 22.2. The molecule has 1 aromatic rings. The van der Waals surface area contributed by atoms with Crippen LogP contribution in [0.15, 0.2) is 24.3 Å². The van der Waals surface area contributed by atoms with Gasteiger partial charge in [-0.25, -0.2) is 9.59 Å². The van der Waals surface area contributed by atoms with Crippen molar-refractivity contribution in [2.24, 2.45) is 11.8 Å². The molecule has 2 heterocycles. The number of piperidine rings is 2. The third-order valence-corrected chi connectivity index (χ3v) is 7.18. The van der Waals surface area contributed by atoms with Crippen LogP contribution < -0.4 is 10.6 Å².